The Bertz CT molecular complexity index is 1960. The first-order valence-electron chi connectivity index (χ1n) is 20.1. The second-order valence-electron chi connectivity index (χ2n) is 17.6. The predicted molar refractivity (Wildman–Crippen MR) is 217 cm³/mol. The standard InChI is InChI=1S/C36H59ClN9O11PSi/c1-11-52-58(49,53-12-2)36(21-47,18-26-41-43-44(42-26)22-50-16-17-59(8,9)10)51-20-25-27-28(56-35(6,7)55-27)31(54-25)46-30-24(19-38-46)29(39-32(37)40-30)45(23-14-13-15-23)33(48)57-34(3,4)5/h19,23,25,27-28,31,47H,11-18,20-22H2,1-10H3/t25-,27-,28-,31-,36-/m1/s1. The molecule has 1 N–H and O–H groups in total. The van der Waals surface area contributed by atoms with E-state index in [0.29, 0.717) is 12.0 Å². The van der Waals surface area contributed by atoms with Crippen LogP contribution in [0.25, 0.3) is 11.0 Å². The Kier molecular flexibility index (Phi) is 13.9. The number of ether oxygens (including phenoxy) is 6. The molecule has 5 atom stereocenters. The van der Waals surface area contributed by atoms with Crippen LogP contribution in [0.2, 0.25) is 31.0 Å². The first-order valence-corrected chi connectivity index (χ1v) is 25.8. The molecule has 330 valence electrons. The highest BCUT2D eigenvalue weighted by molar-refractivity contribution is 7.55. The van der Waals surface area contributed by atoms with Crippen LogP contribution in [-0.4, -0.2) is 133 Å². The first kappa shape index (κ1) is 45.8. The zero-order chi connectivity index (χ0) is 43.0. The van der Waals surface area contributed by atoms with E-state index in [-0.39, 0.29) is 61.6 Å². The topological polar surface area (TPSA) is 219 Å². The fraction of sp³-hybridized carbons (Fsp3) is 0.806. The second kappa shape index (κ2) is 18.0. The lowest BCUT2D eigenvalue weighted by Crippen LogP contribution is -2.47. The summed E-state index contributed by atoms with van der Waals surface area (Å²) >= 11 is 6.56. The third-order valence-electron chi connectivity index (χ3n) is 10.0. The zero-order valence-corrected chi connectivity index (χ0v) is 38.3. The van der Waals surface area contributed by atoms with Crippen LogP contribution in [0, 0.1) is 0 Å². The summed E-state index contributed by atoms with van der Waals surface area (Å²) in [5, 5.41) is 26.8. The van der Waals surface area contributed by atoms with E-state index in [1.165, 1.54) is 14.4 Å². The van der Waals surface area contributed by atoms with Gasteiger partial charge in [0.05, 0.1) is 44.4 Å². The van der Waals surface area contributed by atoms with Crippen molar-refractivity contribution in [2.75, 3.05) is 37.9 Å². The van der Waals surface area contributed by atoms with Gasteiger partial charge in [-0.25, -0.2) is 9.48 Å². The number of carbonyl (C=O) groups excluding carboxylic acids is 1. The van der Waals surface area contributed by atoms with Crippen LogP contribution < -0.4 is 4.90 Å². The maximum absolute atomic E-state index is 14.6. The molecule has 3 aromatic heterocycles. The number of tetrazole rings is 1. The van der Waals surface area contributed by atoms with E-state index in [9.17, 15) is 14.5 Å². The van der Waals surface area contributed by atoms with Gasteiger partial charge >= 0.3 is 13.7 Å². The van der Waals surface area contributed by atoms with Gasteiger partial charge in [0.1, 0.15) is 23.9 Å². The number of nitrogens with zero attached hydrogens (tertiary/aromatic N) is 9. The summed E-state index contributed by atoms with van der Waals surface area (Å²) < 4.78 is 65.1. The fourth-order valence-corrected chi connectivity index (χ4v) is 9.93. The third-order valence-corrected chi connectivity index (χ3v) is 14.5. The quantitative estimate of drug-likeness (QED) is 0.0660. The maximum Gasteiger partial charge on any atom is 0.416 e. The Hall–Kier alpha value is -2.69. The van der Waals surface area contributed by atoms with Gasteiger partial charge in [0, 0.05) is 20.7 Å². The lowest BCUT2D eigenvalue weighted by molar-refractivity contribution is -0.207. The number of hydrogen-bond acceptors (Lipinski definition) is 17. The Morgan fingerprint density at radius 2 is 1.81 bits per heavy atom. The SMILES string of the molecule is CCOP(=O)(OCC)[C@@](CO)(Cc1nnn(COCC[Si](C)(C)C)n1)OC[C@H]1O[C@@H](n2ncc3c(N(C(=O)OC(C)(C)C)C4CCC4)nc(Cl)nc32)[C@@H]2OC(C)(C)O[C@@H]21. The van der Waals surface area contributed by atoms with Crippen LogP contribution in [-0.2, 0) is 55.2 Å². The molecule has 0 radical (unpaired) electrons. The van der Waals surface area contributed by atoms with E-state index in [4.69, 9.17) is 49.1 Å². The van der Waals surface area contributed by atoms with Crippen LogP contribution in [0.4, 0.5) is 10.6 Å². The molecule has 3 fully saturated rings. The lowest BCUT2D eigenvalue weighted by atomic mass is 9.91. The number of amides is 1. The Morgan fingerprint density at radius 1 is 1.12 bits per heavy atom. The number of halogens is 1. The largest absolute Gasteiger partial charge is 0.443 e. The zero-order valence-electron chi connectivity index (χ0n) is 35.6. The summed E-state index contributed by atoms with van der Waals surface area (Å²) in [5.74, 6) is -0.661. The summed E-state index contributed by atoms with van der Waals surface area (Å²) in [6.07, 6.45) is -0.103. The molecular formula is C36H59ClN9O11PSi. The van der Waals surface area contributed by atoms with Crippen molar-refractivity contribution in [3.8, 4) is 0 Å². The van der Waals surface area contributed by atoms with Gasteiger partial charge in [0.2, 0.25) is 5.28 Å². The van der Waals surface area contributed by atoms with E-state index in [0.717, 1.165) is 25.3 Å². The molecule has 5 heterocycles. The molecule has 0 bridgehead atoms. The number of anilines is 1. The van der Waals surface area contributed by atoms with Gasteiger partial charge in [-0.05, 0) is 90.6 Å². The van der Waals surface area contributed by atoms with E-state index >= 15 is 0 Å². The van der Waals surface area contributed by atoms with Gasteiger partial charge in [0.25, 0.3) is 0 Å². The second-order valence-corrected chi connectivity index (χ2v) is 25.8. The molecule has 3 aromatic rings. The molecule has 2 saturated heterocycles. The third kappa shape index (κ3) is 10.3. The van der Waals surface area contributed by atoms with E-state index in [1.807, 2.05) is 0 Å². The van der Waals surface area contributed by atoms with Crippen molar-refractivity contribution in [3.63, 3.8) is 0 Å². The average molecular weight is 888 g/mol. The highest BCUT2D eigenvalue weighted by atomic mass is 35.5. The predicted octanol–water partition coefficient (Wildman–Crippen LogP) is 5.70. The summed E-state index contributed by atoms with van der Waals surface area (Å²) in [7, 11) is -5.56. The summed E-state index contributed by atoms with van der Waals surface area (Å²) in [6.45, 7) is 18.6. The lowest BCUT2D eigenvalue weighted by Gasteiger charge is -2.37. The maximum atomic E-state index is 14.6. The molecule has 0 spiro atoms. The van der Waals surface area contributed by atoms with Crippen molar-refractivity contribution in [1.82, 2.24) is 40.0 Å². The van der Waals surface area contributed by atoms with Gasteiger partial charge in [-0.3, -0.25) is 9.46 Å². The number of aliphatic hydroxyl groups excluding tert-OH is 1. The molecule has 20 nitrogen and oxygen atoms in total. The minimum absolute atomic E-state index is 0.00381. The van der Waals surface area contributed by atoms with Gasteiger partial charge in [-0.2, -0.15) is 15.1 Å². The molecular weight excluding hydrogens is 829 g/mol. The van der Waals surface area contributed by atoms with Crippen molar-refractivity contribution in [2.24, 2.45) is 0 Å². The van der Waals surface area contributed by atoms with Crippen molar-refractivity contribution in [1.29, 1.82) is 0 Å². The molecule has 3 aliphatic rings. The molecule has 1 aliphatic carbocycles. The minimum Gasteiger partial charge on any atom is -0.443 e. The molecule has 59 heavy (non-hydrogen) atoms. The Morgan fingerprint density at radius 3 is 2.42 bits per heavy atom. The number of carbonyl (C=O) groups is 1. The van der Waals surface area contributed by atoms with Crippen LogP contribution in [0.5, 0.6) is 0 Å². The number of fused-ring (bicyclic) bond motifs is 2. The van der Waals surface area contributed by atoms with Gasteiger partial charge in [-0.15, -0.1) is 15.0 Å². The molecule has 0 unspecified atom stereocenters. The van der Waals surface area contributed by atoms with E-state index < -0.39 is 69.6 Å². The number of hydrogen-bond donors (Lipinski definition) is 1. The Balaban J connectivity index is 1.29. The molecule has 23 heteroatoms. The molecule has 1 amide bonds. The van der Waals surface area contributed by atoms with Crippen molar-refractivity contribution in [3.05, 3.63) is 17.3 Å². The normalized spacial score (nSPS) is 23.3. The molecule has 2 aliphatic heterocycles. The first-order chi connectivity index (χ1) is 27.7. The van der Waals surface area contributed by atoms with E-state index in [1.54, 1.807) is 54.7 Å². The van der Waals surface area contributed by atoms with Crippen LogP contribution in [0.15, 0.2) is 6.20 Å². The van der Waals surface area contributed by atoms with Crippen LogP contribution in [0.1, 0.15) is 79.8 Å². The fourth-order valence-electron chi connectivity index (χ4n) is 7.05. The minimum atomic E-state index is -4.25. The van der Waals surface area contributed by atoms with E-state index in [2.05, 4.69) is 50.1 Å². The highest BCUT2D eigenvalue weighted by Crippen LogP contribution is 2.62. The number of aromatic nitrogens is 8. The summed E-state index contributed by atoms with van der Waals surface area (Å²) in [5.41, 5.74) is -0.467. The van der Waals surface area contributed by atoms with Crippen molar-refractivity contribution >= 4 is 50.2 Å². The summed E-state index contributed by atoms with van der Waals surface area (Å²) in [4.78, 5) is 25.5. The number of rotatable bonds is 19. The van der Waals surface area contributed by atoms with Gasteiger partial charge in [0.15, 0.2) is 41.4 Å². The molecule has 6 rings (SSSR count). The van der Waals surface area contributed by atoms with Crippen LogP contribution >= 0.6 is 19.2 Å². The molecule has 0 aromatic carbocycles. The van der Waals surface area contributed by atoms with Gasteiger partial charge < -0.3 is 42.6 Å². The van der Waals surface area contributed by atoms with Crippen molar-refractivity contribution < 1.29 is 51.9 Å². The highest BCUT2D eigenvalue weighted by Gasteiger charge is 2.59. The summed E-state index contributed by atoms with van der Waals surface area (Å²) in [6, 6.07) is 0.818. The van der Waals surface area contributed by atoms with Gasteiger partial charge in [-0.1, -0.05) is 19.6 Å². The van der Waals surface area contributed by atoms with Crippen LogP contribution in [0.3, 0.4) is 0 Å². The monoisotopic (exact) mass is 887 g/mol. The Labute approximate surface area is 350 Å². The van der Waals surface area contributed by atoms with Crippen molar-refractivity contribution in [2.45, 2.75) is 154 Å². The molecule has 1 saturated carbocycles. The number of aliphatic hydroxyl groups is 1. The smallest absolute Gasteiger partial charge is 0.416 e. The average Bonchev–Trinajstić information content (AvgIpc) is 3.88.